The molecule has 0 unspecified atom stereocenters. The van der Waals surface area contributed by atoms with Crippen LogP contribution in [-0.4, -0.2) is 53.3 Å². The van der Waals surface area contributed by atoms with Crippen LogP contribution in [0.4, 0.5) is 5.69 Å². The van der Waals surface area contributed by atoms with E-state index in [9.17, 15) is 26.9 Å². The summed E-state index contributed by atoms with van der Waals surface area (Å²) >= 11 is 0. The van der Waals surface area contributed by atoms with E-state index in [0.717, 1.165) is 28.6 Å². The Morgan fingerprint density at radius 2 is 1.50 bits per heavy atom. The minimum atomic E-state index is -3.83. The third-order valence-corrected chi connectivity index (χ3v) is 6.93. The standard InChI is InChI=1S/C16H19N3O7S2/c1-18(2)28(24,25)16-9-5-14(6-10-16)26-12-11-17-27(22,23)15-7-3-13(4-8-15)19(20)21/h3-10,17H,11-12H2,1-2H3. The Bertz CT molecular complexity index is 1030. The van der Waals surface area contributed by atoms with Gasteiger partial charge in [-0.05, 0) is 36.4 Å². The lowest BCUT2D eigenvalue weighted by atomic mass is 10.3. The van der Waals surface area contributed by atoms with Gasteiger partial charge >= 0.3 is 0 Å². The number of hydrogen-bond donors (Lipinski definition) is 1. The van der Waals surface area contributed by atoms with Crippen molar-refractivity contribution in [1.82, 2.24) is 9.03 Å². The molecule has 0 saturated heterocycles. The molecule has 152 valence electrons. The number of nitrogens with one attached hydrogen (secondary N) is 1. The molecule has 2 aromatic rings. The van der Waals surface area contributed by atoms with E-state index in [-0.39, 0.29) is 28.6 Å². The van der Waals surface area contributed by atoms with Crippen LogP contribution in [0.15, 0.2) is 58.3 Å². The number of non-ortho nitro benzene ring substituents is 1. The number of ether oxygens (including phenoxy) is 1. The summed E-state index contributed by atoms with van der Waals surface area (Å²) in [7, 11) is -4.51. The van der Waals surface area contributed by atoms with Crippen molar-refractivity contribution in [2.45, 2.75) is 9.79 Å². The average molecular weight is 429 g/mol. The maximum Gasteiger partial charge on any atom is 0.269 e. The largest absolute Gasteiger partial charge is 0.492 e. The van der Waals surface area contributed by atoms with E-state index in [0.29, 0.717) is 5.75 Å². The summed E-state index contributed by atoms with van der Waals surface area (Å²) in [5, 5.41) is 10.6. The lowest BCUT2D eigenvalue weighted by molar-refractivity contribution is -0.384. The van der Waals surface area contributed by atoms with Crippen LogP contribution in [0.25, 0.3) is 0 Å². The first-order valence-electron chi connectivity index (χ1n) is 7.93. The predicted octanol–water partition coefficient (Wildman–Crippen LogP) is 1.20. The number of nitrogens with zero attached hydrogens (tertiary/aromatic N) is 2. The van der Waals surface area contributed by atoms with Crippen molar-refractivity contribution in [3.05, 3.63) is 58.6 Å². The molecule has 0 atom stereocenters. The Hall–Kier alpha value is -2.54. The molecule has 0 spiro atoms. The summed E-state index contributed by atoms with van der Waals surface area (Å²) in [5.74, 6) is 0.382. The first kappa shape index (κ1) is 21.8. The van der Waals surface area contributed by atoms with E-state index in [4.69, 9.17) is 4.74 Å². The van der Waals surface area contributed by atoms with Crippen LogP contribution in [-0.2, 0) is 20.0 Å². The van der Waals surface area contributed by atoms with Crippen molar-refractivity contribution in [2.24, 2.45) is 0 Å². The summed E-state index contributed by atoms with van der Waals surface area (Å²) < 4.78 is 57.0. The molecule has 0 radical (unpaired) electrons. The Labute approximate surface area is 163 Å². The molecule has 0 bridgehead atoms. The molecule has 0 aliphatic rings. The number of benzene rings is 2. The van der Waals surface area contributed by atoms with Gasteiger partial charge in [-0.2, -0.15) is 0 Å². The number of nitro benzene ring substituents is 1. The maximum atomic E-state index is 12.1. The fourth-order valence-corrected chi connectivity index (χ4v) is 4.01. The van der Waals surface area contributed by atoms with Crippen LogP contribution < -0.4 is 9.46 Å². The van der Waals surface area contributed by atoms with Gasteiger partial charge in [-0.15, -0.1) is 0 Å². The van der Waals surface area contributed by atoms with Crippen LogP contribution in [0.3, 0.4) is 0 Å². The summed E-state index contributed by atoms with van der Waals surface area (Å²) in [4.78, 5) is 10.0. The summed E-state index contributed by atoms with van der Waals surface area (Å²) in [6.45, 7) is -0.0386. The smallest absolute Gasteiger partial charge is 0.269 e. The molecule has 0 fully saturated rings. The molecule has 2 aromatic carbocycles. The van der Waals surface area contributed by atoms with E-state index in [1.807, 2.05) is 0 Å². The normalized spacial score (nSPS) is 12.1. The zero-order valence-corrected chi connectivity index (χ0v) is 16.7. The van der Waals surface area contributed by atoms with Gasteiger partial charge in [-0.25, -0.2) is 25.9 Å². The second-order valence-corrected chi connectivity index (χ2v) is 9.67. The van der Waals surface area contributed by atoms with Gasteiger partial charge in [0, 0.05) is 32.8 Å². The fraction of sp³-hybridized carbons (Fsp3) is 0.250. The van der Waals surface area contributed by atoms with Gasteiger partial charge in [0.25, 0.3) is 5.69 Å². The quantitative estimate of drug-likeness (QED) is 0.359. The molecule has 10 nitrogen and oxygen atoms in total. The molecule has 2 rings (SSSR count). The van der Waals surface area contributed by atoms with Crippen LogP contribution in [0, 0.1) is 10.1 Å². The van der Waals surface area contributed by atoms with Crippen LogP contribution in [0.5, 0.6) is 5.75 Å². The van der Waals surface area contributed by atoms with Crippen molar-refractivity contribution >= 4 is 25.7 Å². The van der Waals surface area contributed by atoms with Gasteiger partial charge in [0.1, 0.15) is 12.4 Å². The Balaban J connectivity index is 1.90. The minimum absolute atomic E-state index is 0.00594. The molecular formula is C16H19N3O7S2. The van der Waals surface area contributed by atoms with Gasteiger partial charge in [-0.1, -0.05) is 0 Å². The molecule has 28 heavy (non-hydrogen) atoms. The number of nitro groups is 1. The van der Waals surface area contributed by atoms with Gasteiger partial charge in [0.2, 0.25) is 20.0 Å². The van der Waals surface area contributed by atoms with Crippen molar-refractivity contribution in [2.75, 3.05) is 27.2 Å². The van der Waals surface area contributed by atoms with E-state index in [1.165, 1.54) is 38.4 Å². The topological polar surface area (TPSA) is 136 Å². The minimum Gasteiger partial charge on any atom is -0.492 e. The zero-order chi connectivity index (χ0) is 20.9. The van der Waals surface area contributed by atoms with Crippen molar-refractivity contribution < 1.29 is 26.5 Å². The molecule has 0 aliphatic heterocycles. The second kappa shape index (κ2) is 8.65. The molecule has 12 heteroatoms. The average Bonchev–Trinajstić information content (AvgIpc) is 2.65. The van der Waals surface area contributed by atoms with Crippen LogP contribution >= 0.6 is 0 Å². The van der Waals surface area contributed by atoms with E-state index < -0.39 is 25.0 Å². The molecule has 0 saturated carbocycles. The molecular weight excluding hydrogens is 410 g/mol. The number of sulfonamides is 2. The third kappa shape index (κ3) is 5.25. The highest BCUT2D eigenvalue weighted by molar-refractivity contribution is 7.89. The lowest BCUT2D eigenvalue weighted by Crippen LogP contribution is -2.28. The SMILES string of the molecule is CN(C)S(=O)(=O)c1ccc(OCCNS(=O)(=O)c2ccc([N+](=O)[O-])cc2)cc1. The van der Waals surface area contributed by atoms with Gasteiger partial charge in [-0.3, -0.25) is 10.1 Å². The van der Waals surface area contributed by atoms with Crippen molar-refractivity contribution in [1.29, 1.82) is 0 Å². The second-order valence-electron chi connectivity index (χ2n) is 5.76. The van der Waals surface area contributed by atoms with E-state index >= 15 is 0 Å². The molecule has 0 aliphatic carbocycles. The number of hydrogen-bond acceptors (Lipinski definition) is 7. The van der Waals surface area contributed by atoms with E-state index in [1.54, 1.807) is 0 Å². The van der Waals surface area contributed by atoms with Gasteiger partial charge in [0.15, 0.2) is 0 Å². The highest BCUT2D eigenvalue weighted by atomic mass is 32.2. The van der Waals surface area contributed by atoms with Gasteiger partial charge < -0.3 is 4.74 Å². The molecule has 0 aromatic heterocycles. The zero-order valence-electron chi connectivity index (χ0n) is 15.1. The third-order valence-electron chi connectivity index (χ3n) is 3.62. The summed E-state index contributed by atoms with van der Waals surface area (Å²) in [6.07, 6.45) is 0. The highest BCUT2D eigenvalue weighted by Gasteiger charge is 2.17. The molecule has 0 heterocycles. The van der Waals surface area contributed by atoms with Crippen LogP contribution in [0.2, 0.25) is 0 Å². The maximum absolute atomic E-state index is 12.1. The highest BCUT2D eigenvalue weighted by Crippen LogP contribution is 2.18. The summed E-state index contributed by atoms with van der Waals surface area (Å²) in [6, 6.07) is 10.2. The molecule has 1 N–H and O–H groups in total. The Morgan fingerprint density at radius 1 is 0.964 bits per heavy atom. The summed E-state index contributed by atoms with van der Waals surface area (Å²) in [5.41, 5.74) is -0.206. The van der Waals surface area contributed by atoms with Crippen LogP contribution in [0.1, 0.15) is 0 Å². The number of rotatable bonds is 9. The van der Waals surface area contributed by atoms with Crippen molar-refractivity contribution in [3.8, 4) is 5.75 Å². The van der Waals surface area contributed by atoms with Crippen molar-refractivity contribution in [3.63, 3.8) is 0 Å². The fourth-order valence-electron chi connectivity index (χ4n) is 2.09. The predicted molar refractivity (Wildman–Crippen MR) is 101 cm³/mol. The first-order chi connectivity index (χ1) is 13.0. The first-order valence-corrected chi connectivity index (χ1v) is 10.9. The van der Waals surface area contributed by atoms with Gasteiger partial charge in [0.05, 0.1) is 14.7 Å². The monoisotopic (exact) mass is 429 g/mol. The Morgan fingerprint density at radius 3 is 2.00 bits per heavy atom. The van der Waals surface area contributed by atoms with E-state index in [2.05, 4.69) is 4.72 Å². The molecule has 0 amide bonds. The lowest BCUT2D eigenvalue weighted by Gasteiger charge is -2.12. The Kier molecular flexibility index (Phi) is 6.72.